The number of allylic oxidation sites excluding steroid dienone is 2. The van der Waals surface area contributed by atoms with E-state index in [-0.39, 0.29) is 12.2 Å². The first kappa shape index (κ1) is 15.0. The van der Waals surface area contributed by atoms with E-state index in [1.807, 2.05) is 26.0 Å². The highest BCUT2D eigenvalue weighted by molar-refractivity contribution is 5.67. The summed E-state index contributed by atoms with van der Waals surface area (Å²) in [5.41, 5.74) is 2.55. The molecule has 0 heterocycles. The van der Waals surface area contributed by atoms with Crippen molar-refractivity contribution >= 4 is 19.1 Å². The number of aromatic hydroxyl groups is 1. The first-order valence-electron chi connectivity index (χ1n) is 6.19. The summed E-state index contributed by atoms with van der Waals surface area (Å²) in [6, 6.07) is 1.83. The number of rotatable bonds is 5. The number of aliphatic carboxylic acids is 1. The zero-order chi connectivity index (χ0) is 14.6. The fourth-order valence-electron chi connectivity index (χ4n) is 1.84. The van der Waals surface area contributed by atoms with Crippen molar-refractivity contribution in [1.82, 2.24) is 0 Å². The van der Waals surface area contributed by atoms with Crippen molar-refractivity contribution in [2.45, 2.75) is 33.1 Å². The van der Waals surface area contributed by atoms with Gasteiger partial charge < -0.3 is 10.2 Å². The van der Waals surface area contributed by atoms with Crippen molar-refractivity contribution in [1.29, 1.82) is 0 Å². The largest absolute Gasteiger partial charge is 0.507 e. The summed E-state index contributed by atoms with van der Waals surface area (Å²) in [4.78, 5) is 10.5. The molecule has 2 N–H and O–H groups in total. The third kappa shape index (κ3) is 3.98. The summed E-state index contributed by atoms with van der Waals surface area (Å²) in [6.07, 6.45) is 3.17. The minimum Gasteiger partial charge on any atom is -0.507 e. The molecule has 0 saturated carbocycles. The van der Waals surface area contributed by atoms with Gasteiger partial charge in [0.1, 0.15) is 5.75 Å². The second-order valence-corrected chi connectivity index (χ2v) is 4.80. The molecule has 1 aromatic carbocycles. The topological polar surface area (TPSA) is 57.5 Å². The van der Waals surface area contributed by atoms with Crippen LogP contribution >= 0.6 is 0 Å². The van der Waals surface area contributed by atoms with Crippen molar-refractivity contribution < 1.29 is 15.0 Å². The number of carbonyl (C=O) groups is 1. The Morgan fingerprint density at radius 3 is 2.58 bits per heavy atom. The van der Waals surface area contributed by atoms with E-state index in [4.69, 9.17) is 5.11 Å². The molecule has 0 bridgehead atoms. The first-order valence-corrected chi connectivity index (χ1v) is 6.19. The predicted molar refractivity (Wildman–Crippen MR) is 77.5 cm³/mol. The molecule has 3 nitrogen and oxygen atoms in total. The van der Waals surface area contributed by atoms with Crippen LogP contribution in [0.25, 0.3) is 13.2 Å². The van der Waals surface area contributed by atoms with Crippen LogP contribution in [0.1, 0.15) is 30.9 Å². The molecular formula is C16H20O3. The zero-order valence-electron chi connectivity index (χ0n) is 11.5. The van der Waals surface area contributed by atoms with Crippen LogP contribution in [0.15, 0.2) is 17.7 Å². The maximum atomic E-state index is 10.5. The van der Waals surface area contributed by atoms with Crippen LogP contribution in [-0.2, 0) is 11.2 Å². The highest BCUT2D eigenvalue weighted by Crippen LogP contribution is 2.18. The third-order valence-electron chi connectivity index (χ3n) is 3.25. The van der Waals surface area contributed by atoms with Gasteiger partial charge in [-0.15, -0.1) is 0 Å². The summed E-state index contributed by atoms with van der Waals surface area (Å²) >= 11 is 0. The van der Waals surface area contributed by atoms with E-state index < -0.39 is 5.97 Å². The van der Waals surface area contributed by atoms with Crippen molar-refractivity contribution in [2.24, 2.45) is 0 Å². The summed E-state index contributed by atoms with van der Waals surface area (Å²) < 4.78 is 0. The number of hydrogen-bond acceptors (Lipinski definition) is 2. The number of phenols is 1. The van der Waals surface area contributed by atoms with E-state index in [1.54, 1.807) is 0 Å². The van der Waals surface area contributed by atoms with Gasteiger partial charge in [-0.25, -0.2) is 0 Å². The molecule has 0 aliphatic rings. The van der Waals surface area contributed by atoms with Gasteiger partial charge in [-0.05, 0) is 54.3 Å². The SMILES string of the molecule is C=c1cc(CC=C(C)CCC(=O)O)c(O)c(C)c1=C. The summed E-state index contributed by atoms with van der Waals surface area (Å²) in [5.74, 6) is -0.549. The second-order valence-electron chi connectivity index (χ2n) is 4.80. The maximum absolute atomic E-state index is 10.5. The van der Waals surface area contributed by atoms with Crippen molar-refractivity contribution in [3.63, 3.8) is 0 Å². The molecule has 0 atom stereocenters. The lowest BCUT2D eigenvalue weighted by Crippen LogP contribution is -2.25. The molecule has 0 aromatic heterocycles. The van der Waals surface area contributed by atoms with E-state index in [0.717, 1.165) is 27.1 Å². The molecule has 0 saturated heterocycles. The Labute approximate surface area is 113 Å². The standard InChI is InChI=1S/C16H20O3/c1-10(6-8-15(17)18)5-7-14-9-11(2)12(3)13(4)16(14)19/h5,9,19H,2-3,6-8H2,1,4H3,(H,17,18). The highest BCUT2D eigenvalue weighted by Gasteiger charge is 2.05. The predicted octanol–water partition coefficient (Wildman–Crippen LogP) is 1.87. The number of hydrogen-bond donors (Lipinski definition) is 2. The summed E-state index contributed by atoms with van der Waals surface area (Å²) in [6.45, 7) is 11.5. The average Bonchev–Trinajstić information content (AvgIpc) is 2.36. The van der Waals surface area contributed by atoms with Crippen molar-refractivity contribution in [2.75, 3.05) is 0 Å². The molecule has 0 aliphatic carbocycles. The fourth-order valence-corrected chi connectivity index (χ4v) is 1.84. The number of phenolic OH excluding ortho intramolecular Hbond substituents is 1. The second kappa shape index (κ2) is 6.23. The van der Waals surface area contributed by atoms with Gasteiger partial charge in [-0.2, -0.15) is 0 Å². The van der Waals surface area contributed by atoms with E-state index in [2.05, 4.69) is 13.2 Å². The summed E-state index contributed by atoms with van der Waals surface area (Å²) in [5, 5.41) is 20.2. The van der Waals surface area contributed by atoms with Gasteiger partial charge in [0.25, 0.3) is 0 Å². The molecule has 3 heteroatoms. The van der Waals surface area contributed by atoms with Gasteiger partial charge >= 0.3 is 5.97 Å². The van der Waals surface area contributed by atoms with Gasteiger partial charge in [-0.3, -0.25) is 4.79 Å². The van der Waals surface area contributed by atoms with Crippen LogP contribution in [0.2, 0.25) is 0 Å². The molecule has 1 rings (SSSR count). The smallest absolute Gasteiger partial charge is 0.303 e. The maximum Gasteiger partial charge on any atom is 0.303 e. The summed E-state index contributed by atoms with van der Waals surface area (Å²) in [7, 11) is 0. The van der Waals surface area contributed by atoms with Gasteiger partial charge in [0.2, 0.25) is 0 Å². The monoisotopic (exact) mass is 260 g/mol. The van der Waals surface area contributed by atoms with Crippen molar-refractivity contribution in [3.8, 4) is 5.75 Å². The average molecular weight is 260 g/mol. The van der Waals surface area contributed by atoms with E-state index in [9.17, 15) is 9.90 Å². The van der Waals surface area contributed by atoms with Gasteiger partial charge in [0.15, 0.2) is 0 Å². The van der Waals surface area contributed by atoms with E-state index in [1.165, 1.54) is 0 Å². The Hall–Kier alpha value is -2.03. The Morgan fingerprint density at radius 1 is 1.37 bits per heavy atom. The van der Waals surface area contributed by atoms with E-state index >= 15 is 0 Å². The van der Waals surface area contributed by atoms with Gasteiger partial charge in [0.05, 0.1) is 0 Å². The number of carboxylic acids is 1. The lowest BCUT2D eigenvalue weighted by Gasteiger charge is -2.07. The zero-order valence-corrected chi connectivity index (χ0v) is 11.5. The van der Waals surface area contributed by atoms with Crippen LogP contribution in [0.4, 0.5) is 0 Å². The number of benzene rings is 1. The van der Waals surface area contributed by atoms with Gasteiger partial charge in [-0.1, -0.05) is 24.8 Å². The molecule has 0 spiro atoms. The number of carboxylic acid groups (broad SMARTS) is 1. The fraction of sp³-hybridized carbons (Fsp3) is 0.312. The Bertz CT molecular complexity index is 612. The Morgan fingerprint density at radius 2 is 2.00 bits per heavy atom. The molecule has 0 fully saturated rings. The molecule has 102 valence electrons. The van der Waals surface area contributed by atoms with Crippen molar-refractivity contribution in [3.05, 3.63) is 39.3 Å². The highest BCUT2D eigenvalue weighted by atomic mass is 16.4. The normalized spacial score (nSPS) is 11.6. The Kier molecular flexibility index (Phi) is 4.93. The minimum atomic E-state index is -0.798. The molecule has 1 aromatic rings. The molecule has 0 radical (unpaired) electrons. The molecule has 0 aliphatic heterocycles. The van der Waals surface area contributed by atoms with Gasteiger partial charge in [0, 0.05) is 6.42 Å². The molecule has 19 heavy (non-hydrogen) atoms. The first-order chi connectivity index (χ1) is 8.82. The van der Waals surface area contributed by atoms with Crippen LogP contribution in [-0.4, -0.2) is 16.2 Å². The Balaban J connectivity index is 2.89. The van der Waals surface area contributed by atoms with Crippen LogP contribution in [0.5, 0.6) is 5.75 Å². The lowest BCUT2D eigenvalue weighted by molar-refractivity contribution is -0.136. The van der Waals surface area contributed by atoms with Crippen LogP contribution in [0.3, 0.4) is 0 Å². The molecular weight excluding hydrogens is 240 g/mol. The van der Waals surface area contributed by atoms with Crippen LogP contribution < -0.4 is 10.4 Å². The lowest BCUT2D eigenvalue weighted by atomic mass is 10.0. The third-order valence-corrected chi connectivity index (χ3v) is 3.25. The quantitative estimate of drug-likeness (QED) is 0.795. The molecule has 0 unspecified atom stereocenters. The molecule has 0 amide bonds. The van der Waals surface area contributed by atoms with E-state index in [0.29, 0.717) is 12.8 Å². The van der Waals surface area contributed by atoms with Crippen LogP contribution in [0, 0.1) is 6.92 Å². The minimum absolute atomic E-state index is 0.131.